The Kier molecular flexibility index (Phi) is 6.49. The molecule has 1 aliphatic heterocycles. The molecule has 2 N–H and O–H groups in total. The molecular formula is C25H24ClN7O. The van der Waals surface area contributed by atoms with Crippen LogP contribution < -0.4 is 15.5 Å². The summed E-state index contributed by atoms with van der Waals surface area (Å²) >= 11 is 6.24. The minimum atomic E-state index is -0.0386. The number of aromatic nitrogens is 4. The summed E-state index contributed by atoms with van der Waals surface area (Å²) in [6.07, 6.45) is 8.42. The SMILES string of the molecule is O=C(Nc1cccnc1)C1CCN(c2nccc3nc(NCc4ccccc4Cl)ncc23)CC1. The zero-order valence-corrected chi connectivity index (χ0v) is 19.2. The standard InChI is InChI=1S/C25H24ClN7O/c26-21-6-2-1-4-18(21)14-29-25-30-16-20-22(32-25)7-11-28-23(20)33-12-8-17(9-13-33)24(34)31-19-5-3-10-27-15-19/h1-7,10-11,15-17H,8-9,12-14H2,(H,31,34)(H,29,30,32). The Hall–Kier alpha value is -3.78. The van der Waals surface area contributed by atoms with Gasteiger partial charge in [0, 0.05) is 49.2 Å². The quantitative estimate of drug-likeness (QED) is 0.424. The van der Waals surface area contributed by atoms with E-state index in [1.54, 1.807) is 24.8 Å². The number of nitrogens with one attached hydrogen (secondary N) is 2. The van der Waals surface area contributed by atoms with Gasteiger partial charge in [-0.25, -0.2) is 15.0 Å². The maximum Gasteiger partial charge on any atom is 0.227 e. The van der Waals surface area contributed by atoms with Crippen LogP contribution in [0, 0.1) is 5.92 Å². The normalized spacial score (nSPS) is 14.2. The number of hydrogen-bond acceptors (Lipinski definition) is 7. The third-order valence-corrected chi connectivity index (χ3v) is 6.35. The van der Waals surface area contributed by atoms with Crippen molar-refractivity contribution in [3.63, 3.8) is 0 Å². The first kappa shape index (κ1) is 22.0. The molecule has 0 aliphatic carbocycles. The molecule has 3 aromatic heterocycles. The van der Waals surface area contributed by atoms with Crippen LogP contribution in [0.15, 0.2) is 67.3 Å². The van der Waals surface area contributed by atoms with Crippen LogP contribution in [0.1, 0.15) is 18.4 Å². The lowest BCUT2D eigenvalue weighted by Gasteiger charge is -2.32. The zero-order valence-electron chi connectivity index (χ0n) is 18.5. The van der Waals surface area contributed by atoms with E-state index in [9.17, 15) is 4.79 Å². The maximum absolute atomic E-state index is 12.6. The molecule has 1 amide bonds. The molecule has 4 heterocycles. The van der Waals surface area contributed by atoms with Crippen LogP contribution in [0.5, 0.6) is 0 Å². The molecule has 4 aromatic rings. The van der Waals surface area contributed by atoms with Gasteiger partial charge in [0.05, 0.1) is 22.8 Å². The largest absolute Gasteiger partial charge is 0.356 e. The van der Waals surface area contributed by atoms with Gasteiger partial charge in [-0.15, -0.1) is 0 Å². The van der Waals surface area contributed by atoms with E-state index in [4.69, 9.17) is 11.6 Å². The minimum Gasteiger partial charge on any atom is -0.356 e. The fourth-order valence-corrected chi connectivity index (χ4v) is 4.33. The number of benzene rings is 1. The van der Waals surface area contributed by atoms with Crippen molar-refractivity contribution in [3.05, 3.63) is 77.8 Å². The predicted octanol–water partition coefficient (Wildman–Crippen LogP) is 4.54. The van der Waals surface area contributed by atoms with Crippen LogP contribution in [0.2, 0.25) is 5.02 Å². The van der Waals surface area contributed by atoms with E-state index < -0.39 is 0 Å². The Labute approximate surface area is 202 Å². The molecule has 1 aromatic carbocycles. The number of pyridine rings is 2. The van der Waals surface area contributed by atoms with Gasteiger partial charge in [0.1, 0.15) is 5.82 Å². The average Bonchev–Trinajstić information content (AvgIpc) is 2.88. The van der Waals surface area contributed by atoms with E-state index in [0.717, 1.165) is 53.9 Å². The molecule has 34 heavy (non-hydrogen) atoms. The number of piperidine rings is 1. The second kappa shape index (κ2) is 10.0. The van der Waals surface area contributed by atoms with Crippen molar-refractivity contribution >= 4 is 45.9 Å². The van der Waals surface area contributed by atoms with Crippen molar-refractivity contribution in [2.75, 3.05) is 28.6 Å². The summed E-state index contributed by atoms with van der Waals surface area (Å²) in [5.41, 5.74) is 2.53. The molecule has 0 bridgehead atoms. The Morgan fingerprint density at radius 3 is 2.68 bits per heavy atom. The number of rotatable bonds is 6. The molecule has 0 atom stereocenters. The number of carbonyl (C=O) groups excluding carboxylic acids is 1. The molecule has 0 saturated carbocycles. The monoisotopic (exact) mass is 473 g/mol. The van der Waals surface area contributed by atoms with Gasteiger partial charge >= 0.3 is 0 Å². The van der Waals surface area contributed by atoms with E-state index >= 15 is 0 Å². The van der Waals surface area contributed by atoms with Crippen LogP contribution in [-0.4, -0.2) is 38.9 Å². The van der Waals surface area contributed by atoms with Crippen LogP contribution >= 0.6 is 11.6 Å². The molecule has 172 valence electrons. The number of halogens is 1. The van der Waals surface area contributed by atoms with Gasteiger partial charge in [0.15, 0.2) is 0 Å². The molecule has 9 heteroatoms. The highest BCUT2D eigenvalue weighted by molar-refractivity contribution is 6.31. The molecular weight excluding hydrogens is 450 g/mol. The molecule has 5 rings (SSSR count). The lowest BCUT2D eigenvalue weighted by atomic mass is 9.95. The maximum atomic E-state index is 12.6. The number of carbonyl (C=O) groups is 1. The van der Waals surface area contributed by atoms with E-state index in [0.29, 0.717) is 17.5 Å². The topological polar surface area (TPSA) is 95.9 Å². The number of nitrogens with zero attached hydrogens (tertiary/aromatic N) is 5. The summed E-state index contributed by atoms with van der Waals surface area (Å²) < 4.78 is 0. The third-order valence-electron chi connectivity index (χ3n) is 5.98. The first-order chi connectivity index (χ1) is 16.7. The highest BCUT2D eigenvalue weighted by atomic mass is 35.5. The Bertz CT molecular complexity index is 1290. The number of fused-ring (bicyclic) bond motifs is 1. The predicted molar refractivity (Wildman–Crippen MR) is 134 cm³/mol. The van der Waals surface area contributed by atoms with Crippen molar-refractivity contribution in [2.24, 2.45) is 5.92 Å². The van der Waals surface area contributed by atoms with Crippen LogP contribution in [0.3, 0.4) is 0 Å². The van der Waals surface area contributed by atoms with Crippen molar-refractivity contribution < 1.29 is 4.79 Å². The minimum absolute atomic E-state index is 0.0381. The van der Waals surface area contributed by atoms with Gasteiger partial charge in [-0.1, -0.05) is 29.8 Å². The molecule has 1 aliphatic rings. The number of hydrogen-bond donors (Lipinski definition) is 2. The van der Waals surface area contributed by atoms with Crippen LogP contribution in [0.25, 0.3) is 10.9 Å². The van der Waals surface area contributed by atoms with Crippen LogP contribution in [0.4, 0.5) is 17.5 Å². The van der Waals surface area contributed by atoms with Gasteiger partial charge in [-0.2, -0.15) is 0 Å². The van der Waals surface area contributed by atoms with Crippen LogP contribution in [-0.2, 0) is 11.3 Å². The second-order valence-electron chi connectivity index (χ2n) is 8.20. The summed E-state index contributed by atoms with van der Waals surface area (Å²) in [4.78, 5) is 32.7. The number of amides is 1. The van der Waals surface area contributed by atoms with Gasteiger partial charge in [0.2, 0.25) is 11.9 Å². The average molecular weight is 474 g/mol. The smallest absolute Gasteiger partial charge is 0.227 e. The summed E-state index contributed by atoms with van der Waals surface area (Å²) in [7, 11) is 0. The third kappa shape index (κ3) is 4.92. The van der Waals surface area contributed by atoms with E-state index in [1.807, 2.05) is 42.5 Å². The first-order valence-corrected chi connectivity index (χ1v) is 11.6. The highest BCUT2D eigenvalue weighted by Gasteiger charge is 2.26. The lowest BCUT2D eigenvalue weighted by molar-refractivity contribution is -0.120. The summed E-state index contributed by atoms with van der Waals surface area (Å²) in [6.45, 7) is 2.02. The van der Waals surface area contributed by atoms with Crippen molar-refractivity contribution in [3.8, 4) is 0 Å². The lowest BCUT2D eigenvalue weighted by Crippen LogP contribution is -2.38. The molecule has 0 unspecified atom stereocenters. The summed E-state index contributed by atoms with van der Waals surface area (Å²) in [6, 6.07) is 13.2. The molecule has 0 spiro atoms. The van der Waals surface area contributed by atoms with Crippen molar-refractivity contribution in [1.29, 1.82) is 0 Å². The van der Waals surface area contributed by atoms with Gasteiger partial charge in [-0.05, 0) is 42.7 Å². The van der Waals surface area contributed by atoms with E-state index in [-0.39, 0.29) is 11.8 Å². The molecule has 8 nitrogen and oxygen atoms in total. The fourth-order valence-electron chi connectivity index (χ4n) is 4.13. The summed E-state index contributed by atoms with van der Waals surface area (Å²) in [5.74, 6) is 1.39. The van der Waals surface area contributed by atoms with Gasteiger partial charge < -0.3 is 15.5 Å². The number of anilines is 3. The fraction of sp³-hybridized carbons (Fsp3) is 0.240. The van der Waals surface area contributed by atoms with Gasteiger partial charge in [0.25, 0.3) is 0 Å². The van der Waals surface area contributed by atoms with E-state index in [1.165, 1.54) is 0 Å². The van der Waals surface area contributed by atoms with Gasteiger partial charge in [-0.3, -0.25) is 9.78 Å². The Balaban J connectivity index is 1.24. The molecule has 1 saturated heterocycles. The highest BCUT2D eigenvalue weighted by Crippen LogP contribution is 2.28. The Morgan fingerprint density at radius 1 is 1.03 bits per heavy atom. The summed E-state index contributed by atoms with van der Waals surface area (Å²) in [5, 5.41) is 7.80. The van der Waals surface area contributed by atoms with Crippen molar-refractivity contribution in [2.45, 2.75) is 19.4 Å². The molecule has 0 radical (unpaired) electrons. The second-order valence-corrected chi connectivity index (χ2v) is 8.61. The Morgan fingerprint density at radius 2 is 1.88 bits per heavy atom. The van der Waals surface area contributed by atoms with Crippen molar-refractivity contribution in [1.82, 2.24) is 19.9 Å². The molecule has 1 fully saturated rings. The first-order valence-electron chi connectivity index (χ1n) is 11.2. The zero-order chi connectivity index (χ0) is 23.3. The van der Waals surface area contributed by atoms with E-state index in [2.05, 4.69) is 35.5 Å².